The molecule has 0 fully saturated rings. The number of nitrogens with one attached hydrogen (secondary N) is 1. The van der Waals surface area contributed by atoms with Crippen LogP contribution in [0.1, 0.15) is 34.5 Å². The van der Waals surface area contributed by atoms with Crippen molar-refractivity contribution in [1.29, 1.82) is 0 Å². The van der Waals surface area contributed by atoms with E-state index in [0.29, 0.717) is 15.7 Å². The number of para-hydroxylation sites is 1. The molecule has 2 aromatic carbocycles. The molecule has 5 heteroatoms. The molecule has 1 amide bonds. The summed E-state index contributed by atoms with van der Waals surface area (Å²) in [5.74, 6) is -0.130. The molecule has 0 saturated heterocycles. The van der Waals surface area contributed by atoms with Crippen LogP contribution in [0, 0.1) is 0 Å². The lowest BCUT2D eigenvalue weighted by molar-refractivity contribution is 0.102. The number of benzene rings is 2. The van der Waals surface area contributed by atoms with Crippen molar-refractivity contribution in [2.75, 3.05) is 5.32 Å². The second-order valence-electron chi connectivity index (χ2n) is 6.22. The van der Waals surface area contributed by atoms with Gasteiger partial charge in [0.05, 0.1) is 21.1 Å². The van der Waals surface area contributed by atoms with Gasteiger partial charge in [0.15, 0.2) is 0 Å². The molecular formula is C20H16Cl2N2O. The summed E-state index contributed by atoms with van der Waals surface area (Å²) >= 11 is 12.0. The maximum atomic E-state index is 13.1. The number of aromatic nitrogens is 1. The van der Waals surface area contributed by atoms with Crippen LogP contribution < -0.4 is 5.32 Å². The lowest BCUT2D eigenvalue weighted by Crippen LogP contribution is -2.19. The largest absolute Gasteiger partial charge is 0.322 e. The number of carbonyl (C=O) groups excluding carboxylic acids is 1. The van der Waals surface area contributed by atoms with Crippen molar-refractivity contribution < 1.29 is 4.79 Å². The molecule has 3 nitrogen and oxygen atoms in total. The standard InChI is InChI=1S/C20H16Cl2N2O/c21-15-10-9-12(11-16(15)22)23-20(25)19-13-5-1-3-7-17(13)24-18-8-4-2-6-14(18)19/h1,3,5,7,9-11H,2,4,6,8H2,(H,23,25). The number of hydrogen-bond donors (Lipinski definition) is 1. The molecule has 3 aromatic rings. The molecule has 0 aliphatic heterocycles. The number of amides is 1. The van der Waals surface area contributed by atoms with Gasteiger partial charge in [0.1, 0.15) is 0 Å². The van der Waals surface area contributed by atoms with Crippen LogP contribution in [0.3, 0.4) is 0 Å². The summed E-state index contributed by atoms with van der Waals surface area (Å²) in [5, 5.41) is 4.73. The van der Waals surface area contributed by atoms with Crippen LogP contribution in [0.15, 0.2) is 42.5 Å². The number of aryl methyl sites for hydroxylation is 1. The van der Waals surface area contributed by atoms with Gasteiger partial charge in [-0.1, -0.05) is 41.4 Å². The van der Waals surface area contributed by atoms with Gasteiger partial charge in [-0.2, -0.15) is 0 Å². The van der Waals surface area contributed by atoms with Gasteiger partial charge in [-0.15, -0.1) is 0 Å². The number of anilines is 1. The number of nitrogens with zero attached hydrogens (tertiary/aromatic N) is 1. The average Bonchev–Trinajstić information content (AvgIpc) is 2.62. The van der Waals surface area contributed by atoms with Gasteiger partial charge in [0.2, 0.25) is 0 Å². The first-order valence-electron chi connectivity index (χ1n) is 8.30. The van der Waals surface area contributed by atoms with Gasteiger partial charge < -0.3 is 5.32 Å². The number of pyridine rings is 1. The quantitative estimate of drug-likeness (QED) is 0.630. The summed E-state index contributed by atoms with van der Waals surface area (Å²) in [4.78, 5) is 17.9. The maximum absolute atomic E-state index is 13.1. The minimum absolute atomic E-state index is 0.130. The Labute approximate surface area is 156 Å². The molecule has 4 rings (SSSR count). The molecule has 1 aliphatic carbocycles. The summed E-state index contributed by atoms with van der Waals surface area (Å²) in [5.41, 5.74) is 4.34. The minimum atomic E-state index is -0.130. The Bertz CT molecular complexity index is 985. The summed E-state index contributed by atoms with van der Waals surface area (Å²) < 4.78 is 0. The lowest BCUT2D eigenvalue weighted by Gasteiger charge is -2.20. The summed E-state index contributed by atoms with van der Waals surface area (Å²) in [6.07, 6.45) is 4.01. The van der Waals surface area contributed by atoms with Crippen molar-refractivity contribution in [1.82, 2.24) is 4.98 Å². The third-order valence-corrected chi connectivity index (χ3v) is 5.31. The third-order valence-electron chi connectivity index (χ3n) is 4.57. The molecular weight excluding hydrogens is 355 g/mol. The van der Waals surface area contributed by atoms with Crippen molar-refractivity contribution in [3.05, 3.63) is 69.3 Å². The molecule has 1 N–H and O–H groups in total. The van der Waals surface area contributed by atoms with Crippen LogP contribution in [0.4, 0.5) is 5.69 Å². The van der Waals surface area contributed by atoms with E-state index in [-0.39, 0.29) is 5.91 Å². The van der Waals surface area contributed by atoms with E-state index >= 15 is 0 Å². The number of halogens is 2. The van der Waals surface area contributed by atoms with Crippen molar-refractivity contribution in [2.24, 2.45) is 0 Å². The fraction of sp³-hybridized carbons (Fsp3) is 0.200. The van der Waals surface area contributed by atoms with E-state index in [2.05, 4.69) is 5.32 Å². The first-order valence-corrected chi connectivity index (χ1v) is 9.06. The van der Waals surface area contributed by atoms with E-state index in [9.17, 15) is 4.79 Å². The number of carbonyl (C=O) groups is 1. The second kappa shape index (κ2) is 6.66. The van der Waals surface area contributed by atoms with Crippen LogP contribution in [0.2, 0.25) is 10.0 Å². The van der Waals surface area contributed by atoms with E-state index in [1.807, 2.05) is 24.3 Å². The van der Waals surface area contributed by atoms with Crippen LogP contribution in [0.5, 0.6) is 0 Å². The predicted molar refractivity (Wildman–Crippen MR) is 103 cm³/mol. The monoisotopic (exact) mass is 370 g/mol. The second-order valence-corrected chi connectivity index (χ2v) is 7.03. The van der Waals surface area contributed by atoms with Crippen molar-refractivity contribution in [2.45, 2.75) is 25.7 Å². The molecule has 0 spiro atoms. The van der Waals surface area contributed by atoms with E-state index in [0.717, 1.165) is 53.4 Å². The van der Waals surface area contributed by atoms with Gasteiger partial charge in [0.25, 0.3) is 5.91 Å². The Morgan fingerprint density at radius 3 is 2.64 bits per heavy atom. The third kappa shape index (κ3) is 3.10. The molecule has 0 atom stereocenters. The normalized spacial score (nSPS) is 13.5. The molecule has 126 valence electrons. The van der Waals surface area contributed by atoms with Gasteiger partial charge in [0, 0.05) is 16.8 Å². The van der Waals surface area contributed by atoms with Crippen molar-refractivity contribution in [3.63, 3.8) is 0 Å². The highest BCUT2D eigenvalue weighted by atomic mass is 35.5. The molecule has 0 bridgehead atoms. The molecule has 25 heavy (non-hydrogen) atoms. The SMILES string of the molecule is O=C(Nc1ccc(Cl)c(Cl)c1)c1c2c(nc3ccccc13)CCCC2. The lowest BCUT2D eigenvalue weighted by atomic mass is 9.89. The highest BCUT2D eigenvalue weighted by molar-refractivity contribution is 6.42. The van der Waals surface area contributed by atoms with Gasteiger partial charge in [-0.25, -0.2) is 0 Å². The fourth-order valence-corrected chi connectivity index (χ4v) is 3.70. The Balaban J connectivity index is 1.81. The highest BCUT2D eigenvalue weighted by Gasteiger charge is 2.22. The van der Waals surface area contributed by atoms with Crippen molar-refractivity contribution in [3.8, 4) is 0 Å². The topological polar surface area (TPSA) is 42.0 Å². The number of rotatable bonds is 2. The average molecular weight is 371 g/mol. The zero-order valence-corrected chi connectivity index (χ0v) is 15.0. The Hall–Kier alpha value is -2.10. The fourth-order valence-electron chi connectivity index (χ4n) is 3.40. The van der Waals surface area contributed by atoms with E-state index < -0.39 is 0 Å². The summed E-state index contributed by atoms with van der Waals surface area (Å²) in [7, 11) is 0. The van der Waals surface area contributed by atoms with Crippen LogP contribution in [0.25, 0.3) is 10.9 Å². The molecule has 0 radical (unpaired) electrons. The van der Waals surface area contributed by atoms with E-state index in [1.54, 1.807) is 18.2 Å². The number of fused-ring (bicyclic) bond motifs is 2. The summed E-state index contributed by atoms with van der Waals surface area (Å²) in [6, 6.07) is 12.9. The van der Waals surface area contributed by atoms with E-state index in [4.69, 9.17) is 28.2 Å². The van der Waals surface area contributed by atoms with Crippen LogP contribution >= 0.6 is 23.2 Å². The number of hydrogen-bond acceptors (Lipinski definition) is 2. The van der Waals surface area contributed by atoms with Gasteiger partial charge >= 0.3 is 0 Å². The Morgan fingerprint density at radius 1 is 1.00 bits per heavy atom. The first-order chi connectivity index (χ1) is 12.1. The Morgan fingerprint density at radius 2 is 1.80 bits per heavy atom. The molecule has 1 heterocycles. The van der Waals surface area contributed by atoms with Gasteiger partial charge in [-0.05, 0) is 55.5 Å². The molecule has 0 unspecified atom stereocenters. The zero-order chi connectivity index (χ0) is 17.4. The molecule has 1 aliphatic rings. The smallest absolute Gasteiger partial charge is 0.256 e. The zero-order valence-electron chi connectivity index (χ0n) is 13.5. The molecule has 1 aromatic heterocycles. The Kier molecular flexibility index (Phi) is 4.36. The highest BCUT2D eigenvalue weighted by Crippen LogP contribution is 2.31. The van der Waals surface area contributed by atoms with Crippen molar-refractivity contribution >= 4 is 45.7 Å². The summed E-state index contributed by atoms with van der Waals surface area (Å²) in [6.45, 7) is 0. The predicted octanol–water partition coefficient (Wildman–Crippen LogP) is 5.67. The maximum Gasteiger partial charge on any atom is 0.256 e. The first kappa shape index (κ1) is 16.4. The van der Waals surface area contributed by atoms with Gasteiger partial charge in [-0.3, -0.25) is 9.78 Å². The van der Waals surface area contributed by atoms with Crippen LogP contribution in [-0.2, 0) is 12.8 Å². The van der Waals surface area contributed by atoms with E-state index in [1.165, 1.54) is 0 Å². The van der Waals surface area contributed by atoms with Crippen LogP contribution in [-0.4, -0.2) is 10.9 Å². The minimum Gasteiger partial charge on any atom is -0.322 e. The molecule has 0 saturated carbocycles.